The molecule has 8 rings (SSSR count). The number of benzene rings is 5. The van der Waals surface area contributed by atoms with Crippen LogP contribution in [0.1, 0.15) is 16.7 Å². The smallest absolute Gasteiger partial charge is 0.269 e. The number of nitro groups is 1. The summed E-state index contributed by atoms with van der Waals surface area (Å²) in [6.07, 6.45) is 0. The summed E-state index contributed by atoms with van der Waals surface area (Å²) in [6.45, 7) is -1.04. The van der Waals surface area contributed by atoms with Crippen LogP contribution in [0.25, 0.3) is 32.3 Å². The van der Waals surface area contributed by atoms with E-state index in [1.807, 2.05) is 0 Å². The highest BCUT2D eigenvalue weighted by Crippen LogP contribution is 2.26. The van der Waals surface area contributed by atoms with E-state index in [-0.39, 0.29) is 25.3 Å². The summed E-state index contributed by atoms with van der Waals surface area (Å²) < 4.78 is 42.9. The van der Waals surface area contributed by atoms with E-state index in [0.29, 0.717) is 16.7 Å². The Labute approximate surface area is 298 Å². The molecule has 0 spiro atoms. The van der Waals surface area contributed by atoms with Crippen LogP contribution in [0.5, 0.6) is 0 Å². The second-order valence-electron chi connectivity index (χ2n) is 12.3. The minimum atomic E-state index is -0.972. The summed E-state index contributed by atoms with van der Waals surface area (Å²) in [7, 11) is 0. The van der Waals surface area contributed by atoms with Crippen molar-refractivity contribution >= 4 is 38.0 Å². The summed E-state index contributed by atoms with van der Waals surface area (Å²) in [4.78, 5) is 92.7. The van der Waals surface area contributed by atoms with E-state index in [1.54, 1.807) is 18.2 Å². The van der Waals surface area contributed by atoms with E-state index in [9.17, 15) is 52.1 Å². The van der Waals surface area contributed by atoms with Crippen LogP contribution in [0.2, 0.25) is 0 Å². The maximum Gasteiger partial charge on any atom is 0.269 e. The lowest BCUT2D eigenvalue weighted by Crippen LogP contribution is -2.27. The van der Waals surface area contributed by atoms with Gasteiger partial charge in [-0.2, -0.15) is 0 Å². The molecule has 268 valence electrons. The van der Waals surface area contributed by atoms with Crippen molar-refractivity contribution in [3.63, 3.8) is 0 Å². The number of hydrogen-bond acceptors (Lipinski definition) is 8. The van der Waals surface area contributed by atoms with Crippen LogP contribution in [0.3, 0.4) is 0 Å². The molecule has 0 unspecified atom stereocenters. The van der Waals surface area contributed by atoms with Crippen LogP contribution >= 0.6 is 0 Å². The average molecular weight is 733 g/mol. The third-order valence-electron chi connectivity index (χ3n) is 8.98. The van der Waals surface area contributed by atoms with Crippen molar-refractivity contribution in [3.8, 4) is 0 Å². The first kappa shape index (κ1) is 35.1. The molecule has 0 saturated heterocycles. The fraction of sp³-hybridized carbons (Fsp3) is 0.0769. The van der Waals surface area contributed by atoms with Crippen LogP contribution in [0.4, 0.5) is 18.9 Å². The van der Waals surface area contributed by atoms with Crippen LogP contribution in [0, 0.1) is 27.6 Å². The Hall–Kier alpha value is -7.29. The molecule has 0 fully saturated rings. The SMILES string of the molecule is O=[N+]([O-])c1ccccc1.O=c1c2c3c(=O)n(Cc4ccc(F)cc4)c(=O)c3c3c(=O)n(Cc4ccc(F)cc4)c(=O)c3c2c(=O)n1Cc1ccc(F)cc1. The van der Waals surface area contributed by atoms with Gasteiger partial charge in [0.1, 0.15) is 17.5 Å². The Kier molecular flexibility index (Phi) is 8.90. The molecule has 54 heavy (non-hydrogen) atoms. The Morgan fingerprint density at radius 1 is 0.407 bits per heavy atom. The van der Waals surface area contributed by atoms with E-state index < -0.39 is 88.0 Å². The first-order valence-corrected chi connectivity index (χ1v) is 16.1. The fourth-order valence-corrected chi connectivity index (χ4v) is 6.42. The van der Waals surface area contributed by atoms with Crippen molar-refractivity contribution in [3.05, 3.63) is 210 Å². The minimum absolute atomic E-state index is 0.137. The topological polar surface area (TPSA) is 160 Å². The standard InChI is InChI=1S/C33H18F3N3O6.C6H5NO2/c34-19-7-1-16(2-8-19)13-37-28(40)22-23(29(37)41)25-27(33(45)39(31(25)43)15-18-5-11-21(36)12-6-18)26-24(22)30(42)38(32(26)44)14-17-3-9-20(35)10-4-17;8-7(9)6-4-2-1-3-5-6/h1-12H,13-15H2;1-5H. The molecule has 3 heterocycles. The fourth-order valence-electron chi connectivity index (χ4n) is 6.42. The van der Waals surface area contributed by atoms with Crippen molar-refractivity contribution in [2.45, 2.75) is 19.6 Å². The highest BCUT2D eigenvalue weighted by molar-refractivity contribution is 6.25. The lowest BCUT2D eigenvalue weighted by molar-refractivity contribution is -0.384. The predicted octanol–water partition coefficient (Wildman–Crippen LogP) is 4.18. The van der Waals surface area contributed by atoms with E-state index >= 15 is 0 Å². The Morgan fingerprint density at radius 2 is 0.648 bits per heavy atom. The molecule has 3 aromatic heterocycles. The number of hydrogen-bond donors (Lipinski definition) is 0. The molecule has 8 aromatic rings. The third-order valence-corrected chi connectivity index (χ3v) is 8.98. The van der Waals surface area contributed by atoms with E-state index in [0.717, 1.165) is 50.1 Å². The zero-order chi connectivity index (χ0) is 38.4. The second-order valence-corrected chi connectivity index (χ2v) is 12.3. The number of para-hydroxylation sites is 1. The average Bonchev–Trinajstić information content (AvgIpc) is 3.66. The molecule has 0 saturated carbocycles. The van der Waals surface area contributed by atoms with Gasteiger partial charge in [0.15, 0.2) is 0 Å². The van der Waals surface area contributed by atoms with Crippen LogP contribution < -0.4 is 33.4 Å². The zero-order valence-corrected chi connectivity index (χ0v) is 27.6. The van der Waals surface area contributed by atoms with Crippen molar-refractivity contribution in [1.82, 2.24) is 13.7 Å². The Balaban J connectivity index is 0.000000440. The quantitative estimate of drug-likeness (QED) is 0.174. The van der Waals surface area contributed by atoms with Crippen molar-refractivity contribution < 1.29 is 18.1 Å². The molecule has 15 heteroatoms. The van der Waals surface area contributed by atoms with Crippen LogP contribution in [-0.2, 0) is 19.6 Å². The van der Waals surface area contributed by atoms with Crippen molar-refractivity contribution in [2.75, 3.05) is 0 Å². The van der Waals surface area contributed by atoms with Gasteiger partial charge in [0.05, 0.1) is 56.9 Å². The number of nitrogens with zero attached hydrogens (tertiary/aromatic N) is 4. The van der Waals surface area contributed by atoms with Gasteiger partial charge >= 0.3 is 0 Å². The Bertz CT molecular complexity index is 2640. The number of aromatic nitrogens is 3. The molecule has 0 amide bonds. The molecule has 0 aliphatic carbocycles. The lowest BCUT2D eigenvalue weighted by Gasteiger charge is -2.01. The van der Waals surface area contributed by atoms with Gasteiger partial charge < -0.3 is 0 Å². The Morgan fingerprint density at radius 3 is 0.852 bits per heavy atom. The van der Waals surface area contributed by atoms with Crippen molar-refractivity contribution in [1.29, 1.82) is 0 Å². The van der Waals surface area contributed by atoms with Gasteiger partial charge in [-0.15, -0.1) is 0 Å². The molecule has 0 aliphatic heterocycles. The highest BCUT2D eigenvalue weighted by atomic mass is 19.1. The monoisotopic (exact) mass is 732 g/mol. The number of nitro benzene ring substituents is 1. The molecular formula is C39H23F3N4O8. The maximum absolute atomic E-state index is 13.8. The summed E-state index contributed by atoms with van der Waals surface area (Å²) in [5.41, 5.74) is -4.61. The predicted molar refractivity (Wildman–Crippen MR) is 194 cm³/mol. The van der Waals surface area contributed by atoms with Gasteiger partial charge in [-0.25, -0.2) is 13.2 Å². The van der Waals surface area contributed by atoms with Gasteiger partial charge in [0.25, 0.3) is 39.0 Å². The van der Waals surface area contributed by atoms with Crippen LogP contribution in [-0.4, -0.2) is 18.6 Å². The number of non-ortho nitro benzene ring substituents is 1. The van der Waals surface area contributed by atoms with Gasteiger partial charge in [-0.05, 0) is 53.1 Å². The molecule has 0 atom stereocenters. The first-order valence-electron chi connectivity index (χ1n) is 16.1. The van der Waals surface area contributed by atoms with Crippen LogP contribution in [0.15, 0.2) is 132 Å². The maximum atomic E-state index is 13.8. The zero-order valence-electron chi connectivity index (χ0n) is 27.6. The molecule has 0 bridgehead atoms. The number of rotatable bonds is 7. The van der Waals surface area contributed by atoms with Gasteiger partial charge in [-0.3, -0.25) is 52.6 Å². The lowest BCUT2D eigenvalue weighted by atomic mass is 10.0. The third kappa shape index (κ3) is 6.06. The van der Waals surface area contributed by atoms with Gasteiger partial charge in [0.2, 0.25) is 0 Å². The highest BCUT2D eigenvalue weighted by Gasteiger charge is 2.31. The number of fused-ring (bicyclic) bond motifs is 6. The van der Waals surface area contributed by atoms with E-state index in [2.05, 4.69) is 0 Å². The molecule has 0 aliphatic rings. The van der Waals surface area contributed by atoms with Gasteiger partial charge in [-0.1, -0.05) is 54.6 Å². The van der Waals surface area contributed by atoms with E-state index in [4.69, 9.17) is 0 Å². The van der Waals surface area contributed by atoms with Gasteiger partial charge in [0, 0.05) is 12.1 Å². The molecule has 0 radical (unpaired) electrons. The molecule has 0 N–H and O–H groups in total. The molecule has 12 nitrogen and oxygen atoms in total. The van der Waals surface area contributed by atoms with E-state index in [1.165, 1.54) is 48.5 Å². The second kappa shape index (κ2) is 13.7. The molecular weight excluding hydrogens is 709 g/mol. The summed E-state index contributed by atoms with van der Waals surface area (Å²) >= 11 is 0. The van der Waals surface area contributed by atoms with Crippen molar-refractivity contribution in [2.24, 2.45) is 0 Å². The normalized spacial score (nSPS) is 11.3. The minimum Gasteiger partial charge on any atom is -0.270 e. The largest absolute Gasteiger partial charge is 0.270 e. The summed E-state index contributed by atoms with van der Waals surface area (Å²) in [5.74, 6) is -1.65. The summed E-state index contributed by atoms with van der Waals surface area (Å²) in [6, 6.07) is 22.8. The first-order chi connectivity index (χ1) is 25.8. The molecule has 5 aromatic carbocycles. The summed E-state index contributed by atoms with van der Waals surface area (Å²) in [5, 5.41) is 7.09. The number of halogens is 3.